The van der Waals surface area contributed by atoms with Gasteiger partial charge in [0.2, 0.25) is 5.82 Å². The first-order chi connectivity index (χ1) is 9.09. The number of hydrogen-bond donors (Lipinski definition) is 1. The first-order valence-corrected chi connectivity index (χ1v) is 5.20. The van der Waals surface area contributed by atoms with E-state index in [9.17, 15) is 14.5 Å². The molecule has 0 saturated heterocycles. The molecular formula is C11H9FN4O3. The summed E-state index contributed by atoms with van der Waals surface area (Å²) in [5.74, 6) is -1.06. The van der Waals surface area contributed by atoms with Gasteiger partial charge >= 0.3 is 5.69 Å². The van der Waals surface area contributed by atoms with E-state index < -0.39 is 16.4 Å². The van der Waals surface area contributed by atoms with Gasteiger partial charge in [-0.2, -0.15) is 4.98 Å². The third kappa shape index (κ3) is 2.73. The van der Waals surface area contributed by atoms with Gasteiger partial charge in [-0.15, -0.1) is 0 Å². The van der Waals surface area contributed by atoms with Gasteiger partial charge in [-0.05, 0) is 6.07 Å². The fraction of sp³-hybridized carbons (Fsp3) is 0.0909. The van der Waals surface area contributed by atoms with Crippen molar-refractivity contribution in [2.75, 3.05) is 5.73 Å². The molecule has 0 aliphatic heterocycles. The van der Waals surface area contributed by atoms with Crippen LogP contribution in [0.2, 0.25) is 0 Å². The molecule has 0 unspecified atom stereocenters. The van der Waals surface area contributed by atoms with E-state index in [4.69, 9.17) is 10.5 Å². The summed E-state index contributed by atoms with van der Waals surface area (Å²) in [6.45, 7) is -0.191. The number of ether oxygens (including phenoxy) is 1. The average molecular weight is 264 g/mol. The van der Waals surface area contributed by atoms with Crippen LogP contribution in [0.3, 0.4) is 0 Å². The number of anilines is 1. The first-order valence-electron chi connectivity index (χ1n) is 5.20. The quantitative estimate of drug-likeness (QED) is 0.665. The Morgan fingerprint density at radius 3 is 2.79 bits per heavy atom. The molecule has 2 aromatic rings. The normalized spacial score (nSPS) is 10.2. The van der Waals surface area contributed by atoms with Crippen LogP contribution in [0.25, 0.3) is 0 Å². The van der Waals surface area contributed by atoms with Gasteiger partial charge in [0.15, 0.2) is 0 Å². The van der Waals surface area contributed by atoms with Crippen LogP contribution in [0.5, 0.6) is 5.88 Å². The zero-order valence-electron chi connectivity index (χ0n) is 9.62. The highest BCUT2D eigenvalue weighted by atomic mass is 19.1. The lowest BCUT2D eigenvalue weighted by molar-refractivity contribution is -0.385. The van der Waals surface area contributed by atoms with Crippen molar-refractivity contribution in [1.82, 2.24) is 9.97 Å². The standard InChI is InChI=1S/C11H9FN4O3/c12-8-4-2-1-3-7(8)5-19-11-9(16(17)18)10(13)14-6-15-11/h1-4,6H,5H2,(H2,13,14,15). The number of hydrogen-bond acceptors (Lipinski definition) is 6. The maximum atomic E-state index is 13.4. The second-order valence-corrected chi connectivity index (χ2v) is 3.55. The van der Waals surface area contributed by atoms with Gasteiger partial charge in [-0.1, -0.05) is 18.2 Å². The summed E-state index contributed by atoms with van der Waals surface area (Å²) in [4.78, 5) is 17.2. The Kier molecular flexibility index (Phi) is 3.51. The van der Waals surface area contributed by atoms with Crippen molar-refractivity contribution >= 4 is 11.5 Å². The Morgan fingerprint density at radius 1 is 1.37 bits per heavy atom. The molecule has 1 heterocycles. The smallest absolute Gasteiger partial charge is 0.372 e. The van der Waals surface area contributed by atoms with Crippen molar-refractivity contribution in [3.63, 3.8) is 0 Å². The van der Waals surface area contributed by atoms with Crippen LogP contribution in [0.15, 0.2) is 30.6 Å². The molecule has 98 valence electrons. The van der Waals surface area contributed by atoms with Gasteiger partial charge in [-0.25, -0.2) is 9.37 Å². The number of nitro groups is 1. The van der Waals surface area contributed by atoms with E-state index in [0.717, 1.165) is 6.33 Å². The lowest BCUT2D eigenvalue weighted by Crippen LogP contribution is -2.06. The van der Waals surface area contributed by atoms with Crippen LogP contribution in [0.1, 0.15) is 5.56 Å². The van der Waals surface area contributed by atoms with Gasteiger partial charge in [0.25, 0.3) is 5.88 Å². The van der Waals surface area contributed by atoms with Crippen molar-refractivity contribution in [3.8, 4) is 5.88 Å². The molecule has 1 aromatic heterocycles. The van der Waals surface area contributed by atoms with Gasteiger partial charge in [0, 0.05) is 5.56 Å². The first kappa shape index (κ1) is 12.7. The molecule has 0 spiro atoms. The number of nitrogens with zero attached hydrogens (tertiary/aromatic N) is 3. The average Bonchev–Trinajstić information content (AvgIpc) is 2.37. The van der Waals surface area contributed by atoms with Crippen LogP contribution in [-0.2, 0) is 6.61 Å². The Balaban J connectivity index is 2.23. The lowest BCUT2D eigenvalue weighted by Gasteiger charge is -2.06. The molecule has 19 heavy (non-hydrogen) atoms. The van der Waals surface area contributed by atoms with Crippen molar-refractivity contribution < 1.29 is 14.1 Å². The summed E-state index contributed by atoms with van der Waals surface area (Å²) >= 11 is 0. The van der Waals surface area contributed by atoms with Crippen LogP contribution in [0.4, 0.5) is 15.9 Å². The van der Waals surface area contributed by atoms with E-state index in [1.807, 2.05) is 0 Å². The molecule has 2 N–H and O–H groups in total. The minimum Gasteiger partial charge on any atom is -0.468 e. The van der Waals surface area contributed by atoms with Crippen molar-refractivity contribution in [2.45, 2.75) is 6.61 Å². The summed E-state index contributed by atoms with van der Waals surface area (Å²) in [6, 6.07) is 5.93. The summed E-state index contributed by atoms with van der Waals surface area (Å²) in [5.41, 5.74) is 5.10. The zero-order valence-corrected chi connectivity index (χ0v) is 9.62. The number of halogens is 1. The molecule has 1 aromatic carbocycles. The van der Waals surface area contributed by atoms with Crippen LogP contribution in [0, 0.1) is 15.9 Å². The number of rotatable bonds is 4. The second-order valence-electron chi connectivity index (χ2n) is 3.55. The molecule has 0 radical (unpaired) electrons. The molecule has 0 aliphatic rings. The largest absolute Gasteiger partial charge is 0.468 e. The Hall–Kier alpha value is -2.77. The van der Waals surface area contributed by atoms with Crippen molar-refractivity contribution in [1.29, 1.82) is 0 Å². The highest BCUT2D eigenvalue weighted by Gasteiger charge is 2.22. The SMILES string of the molecule is Nc1ncnc(OCc2ccccc2F)c1[N+](=O)[O-]. The molecule has 2 rings (SSSR count). The highest BCUT2D eigenvalue weighted by molar-refractivity contribution is 5.57. The molecule has 0 amide bonds. The van der Waals surface area contributed by atoms with E-state index in [0.29, 0.717) is 0 Å². The van der Waals surface area contributed by atoms with Crippen LogP contribution >= 0.6 is 0 Å². The van der Waals surface area contributed by atoms with Gasteiger partial charge < -0.3 is 10.5 Å². The van der Waals surface area contributed by atoms with Gasteiger partial charge in [0.1, 0.15) is 18.8 Å². The minimum atomic E-state index is -0.744. The van der Waals surface area contributed by atoms with Crippen molar-refractivity contribution in [2.24, 2.45) is 0 Å². The number of nitrogen functional groups attached to an aromatic ring is 1. The van der Waals surface area contributed by atoms with E-state index in [1.165, 1.54) is 18.2 Å². The highest BCUT2D eigenvalue weighted by Crippen LogP contribution is 2.29. The molecule has 8 heteroatoms. The van der Waals surface area contributed by atoms with Crippen molar-refractivity contribution in [3.05, 3.63) is 52.1 Å². The third-order valence-electron chi connectivity index (χ3n) is 2.32. The predicted octanol–water partition coefficient (Wildman–Crippen LogP) is 1.69. The molecule has 0 atom stereocenters. The van der Waals surface area contributed by atoms with E-state index in [1.54, 1.807) is 6.07 Å². The van der Waals surface area contributed by atoms with E-state index in [2.05, 4.69) is 9.97 Å². The molecule has 0 saturated carbocycles. The Morgan fingerprint density at radius 2 is 2.11 bits per heavy atom. The number of benzene rings is 1. The minimum absolute atomic E-state index is 0.191. The molecule has 7 nitrogen and oxygen atoms in total. The van der Waals surface area contributed by atoms with Crippen LogP contribution < -0.4 is 10.5 Å². The molecule has 0 fully saturated rings. The van der Waals surface area contributed by atoms with Gasteiger partial charge in [-0.3, -0.25) is 10.1 Å². The Labute approximate surface area is 107 Å². The van der Waals surface area contributed by atoms with E-state index >= 15 is 0 Å². The topological polar surface area (TPSA) is 104 Å². The summed E-state index contributed by atoms with van der Waals surface area (Å²) in [7, 11) is 0. The number of aromatic nitrogens is 2. The lowest BCUT2D eigenvalue weighted by atomic mass is 10.2. The van der Waals surface area contributed by atoms with Gasteiger partial charge in [0.05, 0.1) is 4.92 Å². The Bertz CT molecular complexity index is 621. The maximum Gasteiger partial charge on any atom is 0.372 e. The molecule has 0 bridgehead atoms. The summed E-state index contributed by atoms with van der Waals surface area (Å²) in [5, 5.41) is 10.8. The second kappa shape index (κ2) is 5.25. The predicted molar refractivity (Wildman–Crippen MR) is 63.8 cm³/mol. The summed E-state index contributed by atoms with van der Waals surface area (Å²) in [6.07, 6.45) is 1.04. The monoisotopic (exact) mass is 264 g/mol. The fourth-order valence-electron chi connectivity index (χ4n) is 1.41. The fourth-order valence-corrected chi connectivity index (χ4v) is 1.41. The molecule has 0 aliphatic carbocycles. The van der Waals surface area contributed by atoms with E-state index in [-0.39, 0.29) is 23.9 Å². The molecular weight excluding hydrogens is 255 g/mol. The zero-order chi connectivity index (χ0) is 13.8. The summed E-state index contributed by atoms with van der Waals surface area (Å²) < 4.78 is 18.5. The number of nitrogens with two attached hydrogens (primary N) is 1. The third-order valence-corrected chi connectivity index (χ3v) is 2.32. The maximum absolute atomic E-state index is 13.4. The van der Waals surface area contributed by atoms with Crippen LogP contribution in [-0.4, -0.2) is 14.9 Å².